The number of aryl methyl sites for hydroxylation is 2. The zero-order valence-corrected chi connectivity index (χ0v) is 19.8. The van der Waals surface area contributed by atoms with Crippen molar-refractivity contribution < 1.29 is 17.9 Å². The molecular weight excluding hydrogens is 440 g/mol. The van der Waals surface area contributed by atoms with Crippen LogP contribution in [0, 0.1) is 19.8 Å². The number of allylic oxidation sites excluding steroid dienone is 3. The van der Waals surface area contributed by atoms with Crippen LogP contribution >= 0.6 is 0 Å². The highest BCUT2D eigenvalue weighted by atomic mass is 32.2. The predicted octanol–water partition coefficient (Wildman–Crippen LogP) is 3.75. The number of nitrogens with one attached hydrogen (secondary N) is 1. The van der Waals surface area contributed by atoms with Crippen LogP contribution < -0.4 is 9.46 Å². The van der Waals surface area contributed by atoms with Gasteiger partial charge in [0.15, 0.2) is 0 Å². The molecule has 9 heteroatoms. The number of ether oxygens (including phenoxy) is 2. The van der Waals surface area contributed by atoms with Crippen LogP contribution in [0.4, 0.5) is 5.95 Å². The first-order valence-corrected chi connectivity index (χ1v) is 12.7. The van der Waals surface area contributed by atoms with E-state index < -0.39 is 10.0 Å². The highest BCUT2D eigenvalue weighted by molar-refractivity contribution is 7.96. The molecule has 174 valence electrons. The number of benzene rings is 1. The van der Waals surface area contributed by atoms with Gasteiger partial charge >= 0.3 is 0 Å². The van der Waals surface area contributed by atoms with E-state index in [1.807, 2.05) is 45.0 Å². The zero-order valence-electron chi connectivity index (χ0n) is 19.0. The Morgan fingerprint density at radius 2 is 1.97 bits per heavy atom. The van der Waals surface area contributed by atoms with Gasteiger partial charge in [-0.3, -0.25) is 4.90 Å². The molecule has 1 saturated heterocycles. The van der Waals surface area contributed by atoms with Gasteiger partial charge in [0.2, 0.25) is 16.9 Å². The Hall–Kier alpha value is -2.91. The second-order valence-electron chi connectivity index (χ2n) is 8.90. The minimum atomic E-state index is -4.04. The van der Waals surface area contributed by atoms with Crippen molar-refractivity contribution in [1.82, 2.24) is 14.9 Å². The highest BCUT2D eigenvalue weighted by Crippen LogP contribution is 2.40. The summed E-state index contributed by atoms with van der Waals surface area (Å²) in [5.41, 5.74) is 3.63. The summed E-state index contributed by atoms with van der Waals surface area (Å²) in [5, 5.41) is -0.163. The maximum absolute atomic E-state index is 13.2. The molecule has 1 aromatic heterocycles. The maximum Gasteiger partial charge on any atom is 0.297 e. The number of hydrogen-bond donors (Lipinski definition) is 1. The number of anilines is 1. The van der Waals surface area contributed by atoms with E-state index in [4.69, 9.17) is 9.47 Å². The van der Waals surface area contributed by atoms with Crippen LogP contribution in [0.25, 0.3) is 11.3 Å². The molecule has 3 atom stereocenters. The molecule has 3 unspecified atom stereocenters. The van der Waals surface area contributed by atoms with Crippen LogP contribution in [0.5, 0.6) is 5.88 Å². The SMILES string of the molecule is C/C=C\C=C1/OCN2CC3CC(Oc4cc(-c5c(C)cccc5C)nc(n4)NS1(=O)=O)C2C3. The third kappa shape index (κ3) is 4.22. The Labute approximate surface area is 194 Å². The number of sulfonamides is 1. The van der Waals surface area contributed by atoms with Gasteiger partial charge in [0.25, 0.3) is 10.0 Å². The second-order valence-corrected chi connectivity index (χ2v) is 10.5. The topological polar surface area (TPSA) is 93.7 Å². The van der Waals surface area contributed by atoms with Crippen molar-refractivity contribution in [3.63, 3.8) is 0 Å². The average Bonchev–Trinajstić information content (AvgIpc) is 3.32. The van der Waals surface area contributed by atoms with E-state index in [9.17, 15) is 8.42 Å². The van der Waals surface area contributed by atoms with Crippen molar-refractivity contribution >= 4 is 16.0 Å². The third-order valence-electron chi connectivity index (χ3n) is 6.53. The average molecular weight is 469 g/mol. The summed E-state index contributed by atoms with van der Waals surface area (Å²) in [5.74, 6) is 0.836. The van der Waals surface area contributed by atoms with E-state index in [0.29, 0.717) is 17.5 Å². The molecule has 33 heavy (non-hydrogen) atoms. The number of hydrogen-bond acceptors (Lipinski definition) is 7. The van der Waals surface area contributed by atoms with Crippen molar-refractivity contribution in [2.24, 2.45) is 5.92 Å². The smallest absolute Gasteiger partial charge is 0.297 e. The molecule has 1 aliphatic carbocycles. The molecule has 1 saturated carbocycles. The first-order chi connectivity index (χ1) is 15.8. The summed E-state index contributed by atoms with van der Waals surface area (Å²) in [4.78, 5) is 11.1. The molecule has 2 aliphatic heterocycles. The zero-order chi connectivity index (χ0) is 23.2. The monoisotopic (exact) mass is 468 g/mol. The van der Waals surface area contributed by atoms with Gasteiger partial charge in [-0.25, -0.2) is 9.71 Å². The van der Waals surface area contributed by atoms with Gasteiger partial charge < -0.3 is 9.47 Å². The standard InChI is InChI=1S/C24H28N4O4S/c1-4-5-9-22-31-14-28-13-17-10-19(28)20(11-17)32-21-12-18(23-15(2)7-6-8-16(23)3)25-24(26-21)27-33(22,29)30/h4-9,12,17,19-20H,10-11,13-14H2,1-3H3,(H,25,26,27)/b5-4-,22-9+. The molecule has 0 amide bonds. The van der Waals surface area contributed by atoms with Crippen LogP contribution in [0.1, 0.15) is 30.9 Å². The van der Waals surface area contributed by atoms with Gasteiger partial charge in [-0.2, -0.15) is 13.4 Å². The first kappa shape index (κ1) is 21.9. The van der Waals surface area contributed by atoms with E-state index in [1.165, 1.54) is 6.08 Å². The van der Waals surface area contributed by atoms with Gasteiger partial charge in [-0.15, -0.1) is 0 Å². The molecule has 5 rings (SSSR count). The molecule has 0 radical (unpaired) electrons. The third-order valence-corrected chi connectivity index (χ3v) is 7.77. The van der Waals surface area contributed by atoms with Gasteiger partial charge in [-0.1, -0.05) is 30.4 Å². The van der Waals surface area contributed by atoms with Crippen LogP contribution in [0.15, 0.2) is 47.6 Å². The molecule has 3 aliphatic rings. The molecule has 1 aromatic carbocycles. The Morgan fingerprint density at radius 1 is 1.18 bits per heavy atom. The fraction of sp³-hybridized carbons (Fsp3) is 0.417. The van der Waals surface area contributed by atoms with Crippen molar-refractivity contribution in [2.45, 2.75) is 45.8 Å². The Morgan fingerprint density at radius 3 is 2.70 bits per heavy atom. The lowest BCUT2D eigenvalue weighted by atomic mass is 10.00. The van der Waals surface area contributed by atoms with Crippen molar-refractivity contribution in [3.8, 4) is 17.1 Å². The number of rotatable bonds is 2. The molecule has 0 spiro atoms. The number of nitrogens with zero attached hydrogens (tertiary/aromatic N) is 3. The summed E-state index contributed by atoms with van der Waals surface area (Å²) in [6.07, 6.45) is 6.77. The van der Waals surface area contributed by atoms with E-state index in [-0.39, 0.29) is 29.9 Å². The number of aromatic nitrogens is 2. The molecule has 1 N–H and O–H groups in total. The number of fused-ring (bicyclic) bond motifs is 3. The van der Waals surface area contributed by atoms with Gasteiger partial charge in [-0.05, 0) is 56.7 Å². The summed E-state index contributed by atoms with van der Waals surface area (Å²) in [6, 6.07) is 7.97. The van der Waals surface area contributed by atoms with Crippen molar-refractivity contribution in [2.75, 3.05) is 18.0 Å². The molecule has 4 bridgehead atoms. The van der Waals surface area contributed by atoms with Crippen LogP contribution in [-0.2, 0) is 14.8 Å². The lowest BCUT2D eigenvalue weighted by molar-refractivity contribution is 0.00763. The summed E-state index contributed by atoms with van der Waals surface area (Å²) >= 11 is 0. The summed E-state index contributed by atoms with van der Waals surface area (Å²) < 4.78 is 41.1. The second kappa shape index (κ2) is 8.46. The fourth-order valence-corrected chi connectivity index (χ4v) is 5.99. The minimum absolute atomic E-state index is 0.0279. The largest absolute Gasteiger partial charge is 0.473 e. The minimum Gasteiger partial charge on any atom is -0.473 e. The quantitative estimate of drug-likeness (QED) is 0.717. The fourth-order valence-electron chi connectivity index (χ4n) is 5.09. The van der Waals surface area contributed by atoms with E-state index >= 15 is 0 Å². The van der Waals surface area contributed by atoms with Crippen LogP contribution in [-0.4, -0.2) is 48.7 Å². The molecular formula is C24H28N4O4S. The summed E-state index contributed by atoms with van der Waals surface area (Å²) in [6.45, 7) is 6.89. The Balaban J connectivity index is 1.63. The Bertz CT molecular complexity index is 1220. The first-order valence-electron chi connectivity index (χ1n) is 11.2. The predicted molar refractivity (Wildman–Crippen MR) is 126 cm³/mol. The molecule has 3 heterocycles. The lowest BCUT2D eigenvalue weighted by Gasteiger charge is -2.33. The number of piperidine rings is 1. The molecule has 8 nitrogen and oxygen atoms in total. The van der Waals surface area contributed by atoms with Crippen molar-refractivity contribution in [1.29, 1.82) is 0 Å². The van der Waals surface area contributed by atoms with Gasteiger partial charge in [0, 0.05) is 18.2 Å². The van der Waals surface area contributed by atoms with Crippen molar-refractivity contribution in [3.05, 3.63) is 58.7 Å². The van der Waals surface area contributed by atoms with Gasteiger partial charge in [0.05, 0.1) is 11.7 Å². The van der Waals surface area contributed by atoms with E-state index in [0.717, 1.165) is 36.1 Å². The van der Waals surface area contributed by atoms with Crippen LogP contribution in [0.3, 0.4) is 0 Å². The van der Waals surface area contributed by atoms with E-state index in [2.05, 4.69) is 19.6 Å². The normalized spacial score (nSPS) is 27.5. The van der Waals surface area contributed by atoms with E-state index in [1.54, 1.807) is 12.2 Å². The Kier molecular flexibility index (Phi) is 5.62. The maximum atomic E-state index is 13.2. The van der Waals surface area contributed by atoms with Gasteiger partial charge in [0.1, 0.15) is 12.8 Å². The lowest BCUT2D eigenvalue weighted by Crippen LogP contribution is -2.45. The summed E-state index contributed by atoms with van der Waals surface area (Å²) in [7, 11) is -4.04. The molecule has 2 fully saturated rings. The highest BCUT2D eigenvalue weighted by Gasteiger charge is 2.47. The molecule has 2 aromatic rings. The van der Waals surface area contributed by atoms with Crippen LogP contribution in [0.2, 0.25) is 0 Å².